The van der Waals surface area contributed by atoms with Crippen LogP contribution in [0.5, 0.6) is 5.75 Å². The number of nitrogens with zero attached hydrogens (tertiary/aromatic N) is 3. The van der Waals surface area contributed by atoms with Gasteiger partial charge in [0, 0.05) is 38.6 Å². The van der Waals surface area contributed by atoms with Gasteiger partial charge in [0.2, 0.25) is 0 Å². The molecule has 0 saturated heterocycles. The average Bonchev–Trinajstić information content (AvgIpc) is 3.68. The molecule has 0 bridgehead atoms. The first-order valence-corrected chi connectivity index (χ1v) is 14.8. The van der Waals surface area contributed by atoms with Gasteiger partial charge in [-0.15, -0.1) is 0 Å². The zero-order valence-corrected chi connectivity index (χ0v) is 23.6. The first kappa shape index (κ1) is 24.8. The van der Waals surface area contributed by atoms with Gasteiger partial charge < -0.3 is 9.15 Å². The van der Waals surface area contributed by atoms with E-state index in [1.54, 1.807) is 0 Å². The molecule has 0 spiro atoms. The third-order valence-electron chi connectivity index (χ3n) is 8.52. The second kappa shape index (κ2) is 9.89. The Balaban J connectivity index is 1.21. The molecule has 2 atom stereocenters. The van der Waals surface area contributed by atoms with Crippen LogP contribution in [0.2, 0.25) is 0 Å². The summed E-state index contributed by atoms with van der Waals surface area (Å²) in [5.74, 6) is 2.77. The minimum atomic E-state index is -0.177. The molecular formula is C39H25N3O2. The van der Waals surface area contributed by atoms with Crippen LogP contribution in [0.25, 0.3) is 61.4 Å². The van der Waals surface area contributed by atoms with Crippen molar-refractivity contribution in [1.29, 1.82) is 0 Å². The molecule has 5 nitrogen and oxygen atoms in total. The van der Waals surface area contributed by atoms with Crippen molar-refractivity contribution in [1.82, 2.24) is 15.0 Å². The molecule has 208 valence electrons. The van der Waals surface area contributed by atoms with Crippen molar-refractivity contribution in [3.8, 4) is 39.7 Å². The largest absolute Gasteiger partial charge is 0.484 e. The normalized spacial score (nSPS) is 16.9. The Morgan fingerprint density at radius 3 is 1.95 bits per heavy atom. The number of para-hydroxylation sites is 2. The van der Waals surface area contributed by atoms with Crippen LogP contribution in [-0.2, 0) is 0 Å². The van der Waals surface area contributed by atoms with Gasteiger partial charge >= 0.3 is 0 Å². The first-order chi connectivity index (χ1) is 21.8. The van der Waals surface area contributed by atoms with E-state index >= 15 is 0 Å². The lowest BCUT2D eigenvalue weighted by Gasteiger charge is -2.22. The summed E-state index contributed by atoms with van der Waals surface area (Å²) in [4.78, 5) is 15.0. The fourth-order valence-corrected chi connectivity index (χ4v) is 6.54. The van der Waals surface area contributed by atoms with E-state index in [1.165, 1.54) is 0 Å². The highest BCUT2D eigenvalue weighted by Gasteiger charge is 2.40. The Morgan fingerprint density at radius 1 is 0.545 bits per heavy atom. The van der Waals surface area contributed by atoms with Crippen LogP contribution in [0.15, 0.2) is 144 Å². The number of hydrogen-bond donors (Lipinski definition) is 0. The number of allylic oxidation sites excluding steroid dienone is 2. The van der Waals surface area contributed by atoms with Gasteiger partial charge in [-0.2, -0.15) is 0 Å². The van der Waals surface area contributed by atoms with Gasteiger partial charge in [0.25, 0.3) is 0 Å². The Hall–Kier alpha value is -5.81. The van der Waals surface area contributed by atoms with Gasteiger partial charge in [-0.3, -0.25) is 0 Å². The molecule has 3 heterocycles. The fraction of sp³-hybridized carbons (Fsp3) is 0.0513. The average molecular weight is 568 g/mol. The van der Waals surface area contributed by atoms with Gasteiger partial charge in [0.1, 0.15) is 23.0 Å². The molecule has 0 N–H and O–H groups in total. The molecule has 2 aromatic heterocycles. The smallest absolute Gasteiger partial charge is 0.164 e. The van der Waals surface area contributed by atoms with Crippen LogP contribution >= 0.6 is 0 Å². The van der Waals surface area contributed by atoms with Gasteiger partial charge in [-0.05, 0) is 23.8 Å². The summed E-state index contributed by atoms with van der Waals surface area (Å²) in [5.41, 5.74) is 7.91. The van der Waals surface area contributed by atoms with E-state index in [0.717, 1.165) is 61.1 Å². The molecule has 0 fully saturated rings. The fourth-order valence-electron chi connectivity index (χ4n) is 6.54. The molecule has 7 aromatic rings. The predicted octanol–water partition coefficient (Wildman–Crippen LogP) is 9.27. The van der Waals surface area contributed by atoms with Crippen molar-refractivity contribution in [2.24, 2.45) is 0 Å². The SMILES string of the molecule is C1=CC2Oc3c(-c4cccc5oc6ccccc6c45)cccc3C2C(c2nc(-c3ccccc3)nc(-c3ccccc3)n2)=C1. The van der Waals surface area contributed by atoms with E-state index in [4.69, 9.17) is 24.1 Å². The van der Waals surface area contributed by atoms with Crippen LogP contribution in [0.3, 0.4) is 0 Å². The van der Waals surface area contributed by atoms with E-state index in [-0.39, 0.29) is 12.0 Å². The van der Waals surface area contributed by atoms with E-state index < -0.39 is 0 Å². The maximum absolute atomic E-state index is 6.79. The summed E-state index contributed by atoms with van der Waals surface area (Å²) in [6.45, 7) is 0. The molecule has 2 unspecified atom stereocenters. The highest BCUT2D eigenvalue weighted by molar-refractivity contribution is 6.13. The minimum absolute atomic E-state index is 0.0649. The number of fused-ring (bicyclic) bond motifs is 6. The highest BCUT2D eigenvalue weighted by Crippen LogP contribution is 2.52. The second-order valence-corrected chi connectivity index (χ2v) is 11.1. The van der Waals surface area contributed by atoms with Crippen LogP contribution in [-0.4, -0.2) is 21.1 Å². The summed E-state index contributed by atoms with van der Waals surface area (Å²) in [6, 6.07) is 41.0. The quantitative estimate of drug-likeness (QED) is 0.212. The summed E-state index contributed by atoms with van der Waals surface area (Å²) in [7, 11) is 0. The summed E-state index contributed by atoms with van der Waals surface area (Å²) in [5, 5.41) is 2.19. The highest BCUT2D eigenvalue weighted by atomic mass is 16.5. The van der Waals surface area contributed by atoms with Gasteiger partial charge in [0.15, 0.2) is 17.5 Å². The number of ether oxygens (including phenoxy) is 1. The summed E-state index contributed by atoms with van der Waals surface area (Å²) in [6.07, 6.45) is 6.13. The lowest BCUT2D eigenvalue weighted by molar-refractivity contribution is 0.272. The molecule has 5 heteroatoms. The van der Waals surface area contributed by atoms with Crippen molar-refractivity contribution >= 4 is 27.5 Å². The van der Waals surface area contributed by atoms with E-state index in [1.807, 2.05) is 84.9 Å². The molecule has 5 aromatic carbocycles. The number of aromatic nitrogens is 3. The Labute approximate surface area is 253 Å². The van der Waals surface area contributed by atoms with Crippen molar-refractivity contribution in [3.05, 3.63) is 151 Å². The van der Waals surface area contributed by atoms with Crippen molar-refractivity contribution < 1.29 is 9.15 Å². The molecular weight excluding hydrogens is 542 g/mol. The Bertz CT molecular complexity index is 2210. The maximum atomic E-state index is 6.79. The Morgan fingerprint density at radius 2 is 1.18 bits per heavy atom. The molecule has 1 aliphatic carbocycles. The Kier molecular flexibility index (Phi) is 5.56. The van der Waals surface area contributed by atoms with Crippen LogP contribution in [0.4, 0.5) is 0 Å². The summed E-state index contributed by atoms with van der Waals surface area (Å²) < 4.78 is 13.0. The molecule has 0 saturated carbocycles. The molecule has 0 amide bonds. The van der Waals surface area contributed by atoms with Crippen molar-refractivity contribution in [3.63, 3.8) is 0 Å². The van der Waals surface area contributed by atoms with Gasteiger partial charge in [-0.1, -0.05) is 121 Å². The van der Waals surface area contributed by atoms with E-state index in [0.29, 0.717) is 17.5 Å². The van der Waals surface area contributed by atoms with Crippen LogP contribution in [0.1, 0.15) is 17.3 Å². The van der Waals surface area contributed by atoms with Crippen molar-refractivity contribution in [2.75, 3.05) is 0 Å². The standard InChI is InChI=1S/C39H25N3O2/c1-3-12-24(13-4-1)37-40-38(25-14-5-2-6-15-25)42-39(41-37)30-20-11-23-33-35(30)29-19-9-18-27(36(29)44-33)26-17-10-22-32-34(26)28-16-7-8-21-31(28)43-32/h1-23,33,35H. The molecule has 44 heavy (non-hydrogen) atoms. The van der Waals surface area contributed by atoms with Crippen LogP contribution in [0, 0.1) is 0 Å². The number of rotatable bonds is 4. The number of benzene rings is 5. The monoisotopic (exact) mass is 567 g/mol. The zero-order valence-electron chi connectivity index (χ0n) is 23.6. The van der Waals surface area contributed by atoms with Gasteiger partial charge in [-0.25, -0.2) is 15.0 Å². The van der Waals surface area contributed by atoms with Crippen molar-refractivity contribution in [2.45, 2.75) is 12.0 Å². The lowest BCUT2D eigenvalue weighted by Crippen LogP contribution is -2.20. The molecule has 0 radical (unpaired) electrons. The van der Waals surface area contributed by atoms with E-state index in [9.17, 15) is 0 Å². The second-order valence-electron chi connectivity index (χ2n) is 11.1. The first-order valence-electron chi connectivity index (χ1n) is 14.8. The van der Waals surface area contributed by atoms with E-state index in [2.05, 4.69) is 54.6 Å². The third kappa shape index (κ3) is 3.90. The zero-order chi connectivity index (χ0) is 29.0. The molecule has 2 aliphatic rings. The lowest BCUT2D eigenvalue weighted by atomic mass is 9.83. The summed E-state index contributed by atoms with van der Waals surface area (Å²) >= 11 is 0. The third-order valence-corrected chi connectivity index (χ3v) is 8.52. The minimum Gasteiger partial charge on any atom is -0.484 e. The molecule has 9 rings (SSSR count). The van der Waals surface area contributed by atoms with Crippen LogP contribution < -0.4 is 4.74 Å². The topological polar surface area (TPSA) is 61.0 Å². The number of hydrogen-bond acceptors (Lipinski definition) is 5. The maximum Gasteiger partial charge on any atom is 0.164 e. The number of furan rings is 1. The van der Waals surface area contributed by atoms with Gasteiger partial charge in [0.05, 0.1) is 5.92 Å². The molecule has 1 aliphatic heterocycles. The predicted molar refractivity (Wildman–Crippen MR) is 174 cm³/mol.